The molecule has 3 rings (SSSR count). The molecule has 5 N–H and O–H groups in total. The fraction of sp³-hybridized carbons (Fsp3) is 0.886. The number of nitrogens with zero attached hydrogens (tertiary/aromatic N) is 1. The summed E-state index contributed by atoms with van der Waals surface area (Å²) in [6.45, 7) is 14.2. The second-order valence-corrected chi connectivity index (χ2v) is 15.1. The lowest BCUT2D eigenvalue weighted by atomic mass is 9.78. The van der Waals surface area contributed by atoms with Gasteiger partial charge in [0.05, 0.1) is 23.9 Å². The van der Waals surface area contributed by atoms with E-state index in [0.29, 0.717) is 25.3 Å². The number of terminal acetylenes is 1. The summed E-state index contributed by atoms with van der Waals surface area (Å²) < 4.78 is 30.6. The van der Waals surface area contributed by atoms with Crippen molar-refractivity contribution in [1.29, 1.82) is 0 Å². The number of hydrogen-bond acceptors (Lipinski definition) is 12. The van der Waals surface area contributed by atoms with Crippen molar-refractivity contribution in [2.24, 2.45) is 29.4 Å². The number of carbonyl (C=O) groups is 2. The average Bonchev–Trinajstić information content (AvgIpc) is 3.87. The summed E-state index contributed by atoms with van der Waals surface area (Å²) in [5.41, 5.74) is 4.38. The number of rotatable bonds is 9. The van der Waals surface area contributed by atoms with Crippen LogP contribution in [-0.2, 0) is 33.3 Å². The van der Waals surface area contributed by atoms with Gasteiger partial charge in [0.2, 0.25) is 0 Å². The van der Waals surface area contributed by atoms with Gasteiger partial charge in [0.15, 0.2) is 17.7 Å². The van der Waals surface area contributed by atoms with Gasteiger partial charge < -0.3 is 50.1 Å². The summed E-state index contributed by atoms with van der Waals surface area (Å²) in [5.74, 6) is -2.33. The number of ketones is 1. The second-order valence-electron chi connectivity index (χ2n) is 15.1. The predicted octanol–water partition coefficient (Wildman–Crippen LogP) is 1.67. The molecule has 12 heteroatoms. The first-order chi connectivity index (χ1) is 22.0. The zero-order valence-corrected chi connectivity index (χ0v) is 30.3. The van der Waals surface area contributed by atoms with Crippen LogP contribution < -0.4 is 16.4 Å². The molecule has 1 saturated carbocycles. The molecule has 270 valence electrons. The van der Waals surface area contributed by atoms with E-state index in [1.807, 2.05) is 32.8 Å². The molecule has 0 aromatic rings. The molecule has 0 radical (unpaired) electrons. The number of esters is 1. The number of carbonyl (C=O) groups excluding carboxylic acids is 2. The predicted molar refractivity (Wildman–Crippen MR) is 179 cm³/mol. The summed E-state index contributed by atoms with van der Waals surface area (Å²) >= 11 is 0. The molecule has 0 amide bonds. The Morgan fingerprint density at radius 3 is 2.43 bits per heavy atom. The summed E-state index contributed by atoms with van der Waals surface area (Å²) in [5, 5.41) is 18.7. The molecule has 2 aliphatic heterocycles. The van der Waals surface area contributed by atoms with Gasteiger partial charge >= 0.3 is 5.97 Å². The van der Waals surface area contributed by atoms with E-state index in [0.717, 1.165) is 6.54 Å². The van der Waals surface area contributed by atoms with Gasteiger partial charge in [0.25, 0.3) is 0 Å². The average molecular weight is 667 g/mol. The lowest BCUT2D eigenvalue weighted by Gasteiger charge is -2.48. The highest BCUT2D eigenvalue weighted by molar-refractivity contribution is 6.00. The maximum Gasteiger partial charge on any atom is 0.316 e. The lowest BCUT2D eigenvalue weighted by Crippen LogP contribution is -2.61. The first kappa shape index (κ1) is 39.6. The Morgan fingerprint density at radius 2 is 1.85 bits per heavy atom. The summed E-state index contributed by atoms with van der Waals surface area (Å²) in [6, 6.07) is -1.12. The van der Waals surface area contributed by atoms with Gasteiger partial charge in [-0.15, -0.1) is 0 Å². The maximum absolute atomic E-state index is 14.1. The molecular weight excluding hydrogens is 604 g/mol. The van der Waals surface area contributed by atoms with E-state index in [9.17, 15) is 14.7 Å². The number of nitrogens with one attached hydrogen (secondary N) is 2. The Bertz CT molecular complexity index is 1080. The number of Topliss-reactive ketones (excluding diaryl/α,β-unsaturated/α-hetero) is 1. The van der Waals surface area contributed by atoms with E-state index >= 15 is 0 Å². The van der Waals surface area contributed by atoms with Crippen LogP contribution >= 0.6 is 0 Å². The number of cyclic esters (lactones) is 1. The molecule has 12 nitrogen and oxygen atoms in total. The standard InChI is InChI=1S/C35H62N4O8/c1-12-45-35(8)19-44-32(42)22(4)28(40)21(3)31(34(7,43-11)16-20(2)17-37-24(6)30(35)36)47-33-29(41)26(39(9)10)15-27(46-33)23(5)38-18-25-13-14-25/h1,20-27,29-31,33,37-38,41H,13-19,36H2,2-11H3/t20-,21+,22?,23?,24-,26+,27+,29-,30-,31-,33+,34-,35-/m1/s1. The molecular formula is C35H62N4O8. The minimum atomic E-state index is -1.19. The Morgan fingerprint density at radius 1 is 1.19 bits per heavy atom. The largest absolute Gasteiger partial charge is 0.461 e. The van der Waals surface area contributed by atoms with Crippen LogP contribution in [0.4, 0.5) is 0 Å². The van der Waals surface area contributed by atoms with Crippen LogP contribution in [0.5, 0.6) is 0 Å². The number of ether oxygens (including phenoxy) is 5. The van der Waals surface area contributed by atoms with Gasteiger partial charge in [-0.05, 0) is 99.3 Å². The van der Waals surface area contributed by atoms with Gasteiger partial charge in [-0.2, -0.15) is 0 Å². The lowest BCUT2D eigenvalue weighted by molar-refractivity contribution is -0.300. The summed E-state index contributed by atoms with van der Waals surface area (Å²) in [4.78, 5) is 29.4. The van der Waals surface area contributed by atoms with E-state index in [-0.39, 0.29) is 42.5 Å². The number of aliphatic hydroxyl groups excluding tert-OH is 1. The molecule has 2 saturated heterocycles. The highest BCUT2D eigenvalue weighted by Crippen LogP contribution is 2.37. The Labute approximate surface area is 282 Å². The van der Waals surface area contributed by atoms with Crippen molar-refractivity contribution in [2.45, 2.75) is 134 Å². The third-order valence-corrected chi connectivity index (χ3v) is 10.7. The molecule has 2 heterocycles. The van der Waals surface area contributed by atoms with E-state index in [1.54, 1.807) is 21.0 Å². The highest BCUT2D eigenvalue weighted by Gasteiger charge is 2.50. The maximum atomic E-state index is 14.1. The van der Waals surface area contributed by atoms with Crippen molar-refractivity contribution in [1.82, 2.24) is 15.5 Å². The van der Waals surface area contributed by atoms with E-state index in [2.05, 4.69) is 30.6 Å². The fourth-order valence-electron chi connectivity index (χ4n) is 7.01. The normalized spacial score (nSPS) is 42.1. The SMILES string of the molecule is C#CO[C@]1(C)COC(=O)C(C)C(=O)[C@H](C)[C@@H](O[C@@H]2O[C@H](C(C)NCC3CC3)C[C@H](N(C)C)[C@H]2O)[C@](C)(OC)C[C@@H](C)CN[C@H](C)[C@H]1N. The van der Waals surface area contributed by atoms with E-state index in [4.69, 9.17) is 35.8 Å². The third-order valence-electron chi connectivity index (χ3n) is 10.7. The zero-order chi connectivity index (χ0) is 35.3. The number of hydrogen-bond donors (Lipinski definition) is 4. The summed E-state index contributed by atoms with van der Waals surface area (Å²) in [7, 11) is 5.45. The zero-order valence-electron chi connectivity index (χ0n) is 30.3. The molecule has 47 heavy (non-hydrogen) atoms. The van der Waals surface area contributed by atoms with Crippen LogP contribution in [0, 0.1) is 36.2 Å². The minimum Gasteiger partial charge on any atom is -0.461 e. The van der Waals surface area contributed by atoms with Crippen LogP contribution in [0.1, 0.15) is 74.1 Å². The van der Waals surface area contributed by atoms with Crippen molar-refractivity contribution in [3.8, 4) is 12.5 Å². The molecule has 13 atom stereocenters. The smallest absolute Gasteiger partial charge is 0.316 e. The third kappa shape index (κ3) is 9.88. The fourth-order valence-corrected chi connectivity index (χ4v) is 7.01. The van der Waals surface area contributed by atoms with Crippen LogP contribution in [0.25, 0.3) is 0 Å². The van der Waals surface area contributed by atoms with Gasteiger partial charge in [-0.25, -0.2) is 0 Å². The second kappa shape index (κ2) is 16.7. The number of aliphatic hydroxyl groups is 1. The number of nitrogens with two attached hydrogens (primary N) is 1. The van der Waals surface area contributed by atoms with Gasteiger partial charge in [0.1, 0.15) is 24.7 Å². The molecule has 3 fully saturated rings. The Balaban J connectivity index is 1.96. The van der Waals surface area contributed by atoms with Crippen molar-refractivity contribution in [3.63, 3.8) is 0 Å². The van der Waals surface area contributed by atoms with Crippen LogP contribution in [0.3, 0.4) is 0 Å². The van der Waals surface area contributed by atoms with E-state index < -0.39 is 53.5 Å². The monoisotopic (exact) mass is 666 g/mol. The van der Waals surface area contributed by atoms with Crippen molar-refractivity contribution in [3.05, 3.63) is 0 Å². The van der Waals surface area contributed by atoms with Crippen LogP contribution in [0.15, 0.2) is 0 Å². The highest BCUT2D eigenvalue weighted by atomic mass is 16.7. The molecule has 0 aromatic carbocycles. The molecule has 0 aromatic heterocycles. The topological polar surface area (TPSA) is 154 Å². The minimum absolute atomic E-state index is 0.0239. The van der Waals surface area contributed by atoms with Gasteiger partial charge in [-0.1, -0.05) is 20.3 Å². The first-order valence-electron chi connectivity index (χ1n) is 17.2. The molecule has 1 aliphatic carbocycles. The van der Waals surface area contributed by atoms with Crippen LogP contribution in [-0.4, -0.2) is 123 Å². The number of likely N-dealkylation sites (N-methyl/N-ethyl adjacent to an activating group) is 1. The van der Waals surface area contributed by atoms with E-state index in [1.165, 1.54) is 19.8 Å². The molecule has 0 bridgehead atoms. The van der Waals surface area contributed by atoms with Gasteiger partial charge in [0, 0.05) is 31.2 Å². The van der Waals surface area contributed by atoms with Crippen molar-refractivity contribution >= 4 is 11.8 Å². The first-order valence-corrected chi connectivity index (χ1v) is 17.2. The summed E-state index contributed by atoms with van der Waals surface area (Å²) in [6.07, 6.45) is 8.09. The van der Waals surface area contributed by atoms with Gasteiger partial charge in [-0.3, -0.25) is 9.59 Å². The number of methoxy groups -OCH3 is 1. The molecule has 3 aliphatic rings. The molecule has 0 spiro atoms. The molecule has 2 unspecified atom stereocenters. The van der Waals surface area contributed by atoms with Crippen LogP contribution in [0.2, 0.25) is 0 Å². The van der Waals surface area contributed by atoms with Crippen molar-refractivity contribution in [2.75, 3.05) is 40.9 Å². The Hall–Kier alpha value is -1.82. The quantitative estimate of drug-likeness (QED) is 0.161. The van der Waals surface area contributed by atoms with Crippen molar-refractivity contribution < 1.29 is 38.4 Å². The Kier molecular flexibility index (Phi) is 14.1.